The first-order valence-corrected chi connectivity index (χ1v) is 7.28. The topological polar surface area (TPSA) is 64.6 Å². The highest BCUT2D eigenvalue weighted by molar-refractivity contribution is 5.73. The van der Waals surface area contributed by atoms with E-state index in [1.165, 1.54) is 0 Å². The molecule has 2 heterocycles. The highest BCUT2D eigenvalue weighted by Gasteiger charge is 2.20. The lowest BCUT2D eigenvalue weighted by Gasteiger charge is -2.34. The van der Waals surface area contributed by atoms with Crippen molar-refractivity contribution in [2.45, 2.75) is 6.92 Å². The van der Waals surface area contributed by atoms with Gasteiger partial charge < -0.3 is 20.0 Å². The number of carbonyl (C=O) groups is 1. The second-order valence-electron chi connectivity index (χ2n) is 5.47. The lowest BCUT2D eigenvalue weighted by molar-refractivity contribution is -0.129. The fourth-order valence-corrected chi connectivity index (χ4v) is 2.23. The van der Waals surface area contributed by atoms with Crippen LogP contribution in [0.15, 0.2) is 12.3 Å². The fourth-order valence-electron chi connectivity index (χ4n) is 2.23. The largest absolute Gasteiger partial charge is 0.369 e. The van der Waals surface area contributed by atoms with Crippen LogP contribution in [0, 0.1) is 0 Å². The molecule has 0 saturated carbocycles. The van der Waals surface area contributed by atoms with Gasteiger partial charge in [0.25, 0.3) is 0 Å². The number of hydrogen-bond donors (Lipinski definition) is 1. The van der Waals surface area contributed by atoms with Crippen LogP contribution in [-0.4, -0.2) is 79.0 Å². The first-order valence-electron chi connectivity index (χ1n) is 7.28. The molecule has 1 amide bonds. The number of nitrogens with zero attached hydrogens (tertiary/aromatic N) is 5. The Kier molecular flexibility index (Phi) is 5.32. The molecular formula is C14H24N6O. The average Bonchev–Trinajstić information content (AvgIpc) is 2.47. The molecule has 0 aromatic carbocycles. The number of amides is 1. The molecular weight excluding hydrogens is 268 g/mol. The van der Waals surface area contributed by atoms with E-state index in [9.17, 15) is 4.79 Å². The predicted molar refractivity (Wildman–Crippen MR) is 83.5 cm³/mol. The average molecular weight is 292 g/mol. The van der Waals surface area contributed by atoms with Crippen LogP contribution in [0.25, 0.3) is 0 Å². The number of hydrogen-bond acceptors (Lipinski definition) is 6. The molecule has 2 rings (SSSR count). The van der Waals surface area contributed by atoms with Crippen molar-refractivity contribution in [1.29, 1.82) is 0 Å². The maximum absolute atomic E-state index is 11.3. The van der Waals surface area contributed by atoms with Crippen molar-refractivity contribution in [3.8, 4) is 0 Å². The zero-order valence-electron chi connectivity index (χ0n) is 13.0. The van der Waals surface area contributed by atoms with Gasteiger partial charge in [-0.2, -0.15) is 4.98 Å². The van der Waals surface area contributed by atoms with E-state index in [1.807, 2.05) is 25.1 Å². The van der Waals surface area contributed by atoms with Crippen LogP contribution in [-0.2, 0) is 4.79 Å². The first kappa shape index (κ1) is 15.5. The summed E-state index contributed by atoms with van der Waals surface area (Å²) in [5.41, 5.74) is 0. The SMILES string of the molecule is CC(=O)N1CCN(c2nccc(NCCN(C)C)n2)CC1. The third kappa shape index (κ3) is 4.56. The molecule has 0 radical (unpaired) electrons. The Hall–Kier alpha value is -1.89. The summed E-state index contributed by atoms with van der Waals surface area (Å²) in [7, 11) is 4.09. The Bertz CT molecular complexity index is 470. The van der Waals surface area contributed by atoms with Gasteiger partial charge in [0.2, 0.25) is 11.9 Å². The summed E-state index contributed by atoms with van der Waals surface area (Å²) in [6.07, 6.45) is 1.78. The van der Waals surface area contributed by atoms with E-state index in [1.54, 1.807) is 13.1 Å². The molecule has 0 bridgehead atoms. The van der Waals surface area contributed by atoms with E-state index in [4.69, 9.17) is 0 Å². The van der Waals surface area contributed by atoms with Crippen molar-refractivity contribution in [2.24, 2.45) is 0 Å². The van der Waals surface area contributed by atoms with E-state index < -0.39 is 0 Å². The van der Waals surface area contributed by atoms with Gasteiger partial charge in [-0.25, -0.2) is 4.98 Å². The van der Waals surface area contributed by atoms with Crippen LogP contribution in [0.2, 0.25) is 0 Å². The van der Waals surface area contributed by atoms with Gasteiger partial charge >= 0.3 is 0 Å². The first-order chi connectivity index (χ1) is 10.1. The van der Waals surface area contributed by atoms with E-state index in [-0.39, 0.29) is 5.91 Å². The smallest absolute Gasteiger partial charge is 0.227 e. The Labute approximate surface area is 126 Å². The molecule has 1 aromatic heterocycles. The second-order valence-corrected chi connectivity index (χ2v) is 5.47. The molecule has 1 aliphatic heterocycles. The van der Waals surface area contributed by atoms with Gasteiger partial charge in [0, 0.05) is 52.4 Å². The minimum Gasteiger partial charge on any atom is -0.369 e. The monoisotopic (exact) mass is 292 g/mol. The fraction of sp³-hybridized carbons (Fsp3) is 0.643. The lowest BCUT2D eigenvalue weighted by atomic mass is 10.3. The minimum atomic E-state index is 0.134. The molecule has 1 aliphatic rings. The Morgan fingerprint density at radius 1 is 1.33 bits per heavy atom. The zero-order valence-corrected chi connectivity index (χ0v) is 13.0. The van der Waals surface area contributed by atoms with Crippen LogP contribution in [0.3, 0.4) is 0 Å². The number of rotatable bonds is 5. The molecule has 0 unspecified atom stereocenters. The second kappa shape index (κ2) is 7.21. The standard InChI is InChI=1S/C14H24N6O/c1-12(21)19-8-10-20(11-9-19)14-16-5-4-13(17-14)15-6-7-18(2)3/h4-5H,6-11H2,1-3H3,(H,15,16,17). The number of carbonyl (C=O) groups excluding carboxylic acids is 1. The molecule has 21 heavy (non-hydrogen) atoms. The third-order valence-electron chi connectivity index (χ3n) is 3.52. The van der Waals surface area contributed by atoms with Crippen LogP contribution < -0.4 is 10.2 Å². The molecule has 7 nitrogen and oxygen atoms in total. The van der Waals surface area contributed by atoms with Crippen molar-refractivity contribution in [2.75, 3.05) is 63.6 Å². The van der Waals surface area contributed by atoms with Crippen LogP contribution >= 0.6 is 0 Å². The van der Waals surface area contributed by atoms with Gasteiger partial charge in [-0.1, -0.05) is 0 Å². The van der Waals surface area contributed by atoms with E-state index in [0.29, 0.717) is 0 Å². The summed E-state index contributed by atoms with van der Waals surface area (Å²) in [6.45, 7) is 6.44. The van der Waals surface area contributed by atoms with Crippen molar-refractivity contribution >= 4 is 17.7 Å². The molecule has 1 N–H and O–H groups in total. The molecule has 1 saturated heterocycles. The van der Waals surface area contributed by atoms with Crippen LogP contribution in [0.1, 0.15) is 6.92 Å². The van der Waals surface area contributed by atoms with Crippen LogP contribution in [0.5, 0.6) is 0 Å². The molecule has 1 aromatic rings. The number of piperazine rings is 1. The summed E-state index contributed by atoms with van der Waals surface area (Å²) in [5.74, 6) is 1.71. The van der Waals surface area contributed by atoms with Gasteiger partial charge in [0.15, 0.2) is 0 Å². The van der Waals surface area contributed by atoms with E-state index >= 15 is 0 Å². The Balaban J connectivity index is 1.90. The summed E-state index contributed by atoms with van der Waals surface area (Å²) in [5, 5.41) is 3.30. The number of likely N-dealkylation sites (N-methyl/N-ethyl adjacent to an activating group) is 1. The minimum absolute atomic E-state index is 0.134. The summed E-state index contributed by atoms with van der Waals surface area (Å²) < 4.78 is 0. The van der Waals surface area contributed by atoms with Crippen molar-refractivity contribution in [3.63, 3.8) is 0 Å². The lowest BCUT2D eigenvalue weighted by Crippen LogP contribution is -2.48. The Morgan fingerprint density at radius 3 is 2.67 bits per heavy atom. The van der Waals surface area contributed by atoms with Gasteiger partial charge in [-0.15, -0.1) is 0 Å². The highest BCUT2D eigenvalue weighted by atomic mass is 16.2. The number of nitrogens with one attached hydrogen (secondary N) is 1. The van der Waals surface area contributed by atoms with Gasteiger partial charge in [0.1, 0.15) is 5.82 Å². The maximum atomic E-state index is 11.3. The molecule has 0 atom stereocenters. The third-order valence-corrected chi connectivity index (χ3v) is 3.52. The molecule has 0 aliphatic carbocycles. The van der Waals surface area contributed by atoms with Crippen molar-refractivity contribution in [1.82, 2.24) is 19.8 Å². The number of aromatic nitrogens is 2. The van der Waals surface area contributed by atoms with Gasteiger partial charge in [-0.3, -0.25) is 4.79 Å². The zero-order chi connectivity index (χ0) is 15.2. The maximum Gasteiger partial charge on any atom is 0.227 e. The van der Waals surface area contributed by atoms with Crippen molar-refractivity contribution in [3.05, 3.63) is 12.3 Å². The quantitative estimate of drug-likeness (QED) is 0.831. The Morgan fingerprint density at radius 2 is 2.05 bits per heavy atom. The van der Waals surface area contributed by atoms with Crippen molar-refractivity contribution < 1.29 is 4.79 Å². The number of anilines is 2. The van der Waals surface area contributed by atoms with Crippen LogP contribution in [0.4, 0.5) is 11.8 Å². The molecule has 7 heteroatoms. The summed E-state index contributed by atoms with van der Waals surface area (Å²) >= 11 is 0. The van der Waals surface area contributed by atoms with Gasteiger partial charge in [0.05, 0.1) is 0 Å². The van der Waals surface area contributed by atoms with E-state index in [0.717, 1.165) is 51.0 Å². The summed E-state index contributed by atoms with van der Waals surface area (Å²) in [6, 6.07) is 1.88. The normalized spacial score (nSPS) is 15.4. The molecule has 1 fully saturated rings. The molecule has 0 spiro atoms. The molecule has 116 valence electrons. The predicted octanol–water partition coefficient (Wildman–Crippen LogP) is 0.119. The van der Waals surface area contributed by atoms with Gasteiger partial charge in [-0.05, 0) is 20.2 Å². The highest BCUT2D eigenvalue weighted by Crippen LogP contribution is 2.13. The van der Waals surface area contributed by atoms with E-state index in [2.05, 4.69) is 25.1 Å². The summed E-state index contributed by atoms with van der Waals surface area (Å²) in [4.78, 5) is 26.3.